The number of nitrogens with one attached hydrogen (secondary N) is 2. The van der Waals surface area contributed by atoms with E-state index in [1.165, 1.54) is 11.3 Å². The summed E-state index contributed by atoms with van der Waals surface area (Å²) in [5, 5.41) is 14.6. The number of carbonyl (C=O) groups excluding carboxylic acids is 1. The molecular formula is C21H24N4O3S. The minimum atomic E-state index is -0.418. The number of methoxy groups -OCH3 is 1. The van der Waals surface area contributed by atoms with Gasteiger partial charge in [-0.1, -0.05) is 49.4 Å². The van der Waals surface area contributed by atoms with Crippen molar-refractivity contribution in [2.45, 2.75) is 33.3 Å². The molecule has 0 atom stereocenters. The van der Waals surface area contributed by atoms with E-state index in [1.807, 2.05) is 25.1 Å². The Labute approximate surface area is 174 Å². The van der Waals surface area contributed by atoms with Gasteiger partial charge in [0.25, 0.3) is 0 Å². The number of hydrogen-bond donors (Lipinski definition) is 2. The smallest absolute Gasteiger partial charge is 0.325 e. The van der Waals surface area contributed by atoms with E-state index in [9.17, 15) is 4.79 Å². The second-order valence-corrected chi connectivity index (χ2v) is 7.83. The molecule has 3 rings (SSSR count). The molecule has 0 bridgehead atoms. The van der Waals surface area contributed by atoms with E-state index < -0.39 is 6.03 Å². The maximum Gasteiger partial charge on any atom is 0.325 e. The third-order valence-corrected chi connectivity index (χ3v) is 5.00. The summed E-state index contributed by atoms with van der Waals surface area (Å²) in [5.41, 5.74) is 2.85. The number of para-hydroxylation sites is 2. The van der Waals surface area contributed by atoms with Gasteiger partial charge in [0.2, 0.25) is 5.13 Å². The van der Waals surface area contributed by atoms with Gasteiger partial charge in [-0.15, -0.1) is 10.2 Å². The van der Waals surface area contributed by atoms with Crippen molar-refractivity contribution in [2.75, 3.05) is 17.7 Å². The SMILES string of the molecule is COc1ccccc1NC(=O)Nc1nnc(COc2cc(C)ccc2C(C)C)s1. The minimum Gasteiger partial charge on any atom is -0.495 e. The van der Waals surface area contributed by atoms with E-state index in [4.69, 9.17) is 9.47 Å². The van der Waals surface area contributed by atoms with Crippen molar-refractivity contribution in [3.8, 4) is 11.5 Å². The normalized spacial score (nSPS) is 10.7. The second kappa shape index (κ2) is 9.38. The van der Waals surface area contributed by atoms with Gasteiger partial charge in [-0.3, -0.25) is 5.32 Å². The number of anilines is 2. The van der Waals surface area contributed by atoms with Crippen molar-refractivity contribution in [1.29, 1.82) is 0 Å². The van der Waals surface area contributed by atoms with E-state index in [0.29, 0.717) is 27.5 Å². The number of amides is 2. The molecule has 0 unspecified atom stereocenters. The van der Waals surface area contributed by atoms with Gasteiger partial charge in [-0.25, -0.2) is 4.79 Å². The Morgan fingerprint density at radius 2 is 1.90 bits per heavy atom. The highest BCUT2D eigenvalue weighted by Gasteiger charge is 2.13. The number of aryl methyl sites for hydroxylation is 1. The van der Waals surface area contributed by atoms with Gasteiger partial charge in [-0.05, 0) is 42.2 Å². The van der Waals surface area contributed by atoms with E-state index >= 15 is 0 Å². The minimum absolute atomic E-state index is 0.288. The Kier molecular flexibility index (Phi) is 6.66. The zero-order valence-corrected chi connectivity index (χ0v) is 17.7. The molecule has 152 valence electrons. The number of nitrogens with zero attached hydrogens (tertiary/aromatic N) is 2. The number of ether oxygens (including phenoxy) is 2. The molecule has 1 heterocycles. The van der Waals surface area contributed by atoms with Gasteiger partial charge in [0.15, 0.2) is 5.01 Å². The second-order valence-electron chi connectivity index (χ2n) is 6.77. The molecule has 29 heavy (non-hydrogen) atoms. The lowest BCUT2D eigenvalue weighted by molar-refractivity contribution is 0.262. The summed E-state index contributed by atoms with van der Waals surface area (Å²) in [5.74, 6) is 1.78. The van der Waals surface area contributed by atoms with Crippen molar-refractivity contribution in [1.82, 2.24) is 10.2 Å². The number of hydrogen-bond acceptors (Lipinski definition) is 6. The van der Waals surface area contributed by atoms with E-state index in [2.05, 4.69) is 46.8 Å². The molecular weight excluding hydrogens is 388 g/mol. The highest BCUT2D eigenvalue weighted by molar-refractivity contribution is 7.15. The quantitative estimate of drug-likeness (QED) is 0.557. The molecule has 7 nitrogen and oxygen atoms in total. The van der Waals surface area contributed by atoms with Crippen molar-refractivity contribution in [2.24, 2.45) is 0 Å². The van der Waals surface area contributed by atoms with Crippen LogP contribution in [0.5, 0.6) is 11.5 Å². The summed E-state index contributed by atoms with van der Waals surface area (Å²) < 4.78 is 11.2. The van der Waals surface area contributed by atoms with Crippen LogP contribution in [0.25, 0.3) is 0 Å². The van der Waals surface area contributed by atoms with Crippen molar-refractivity contribution < 1.29 is 14.3 Å². The Bertz CT molecular complexity index is 988. The number of urea groups is 1. The summed E-state index contributed by atoms with van der Waals surface area (Å²) in [6.45, 7) is 6.58. The van der Waals surface area contributed by atoms with Crippen molar-refractivity contribution >= 4 is 28.2 Å². The van der Waals surface area contributed by atoms with Crippen LogP contribution in [0.4, 0.5) is 15.6 Å². The molecule has 1 aromatic heterocycles. The van der Waals surface area contributed by atoms with Crippen LogP contribution in [-0.2, 0) is 6.61 Å². The summed E-state index contributed by atoms with van der Waals surface area (Å²) in [7, 11) is 1.55. The van der Waals surface area contributed by atoms with Crippen LogP contribution in [0.15, 0.2) is 42.5 Å². The predicted octanol–water partition coefficient (Wildman–Crippen LogP) is 5.20. The lowest BCUT2D eigenvalue weighted by atomic mass is 10.0. The molecule has 0 aliphatic rings. The number of aromatic nitrogens is 2. The van der Waals surface area contributed by atoms with Crippen molar-refractivity contribution in [3.05, 3.63) is 58.6 Å². The highest BCUT2D eigenvalue weighted by atomic mass is 32.1. The molecule has 3 aromatic rings. The van der Waals surface area contributed by atoms with Crippen LogP contribution in [0, 0.1) is 6.92 Å². The highest BCUT2D eigenvalue weighted by Crippen LogP contribution is 2.29. The van der Waals surface area contributed by atoms with Gasteiger partial charge < -0.3 is 14.8 Å². The Morgan fingerprint density at radius 3 is 2.66 bits per heavy atom. The molecule has 2 N–H and O–H groups in total. The molecule has 0 radical (unpaired) electrons. The fourth-order valence-electron chi connectivity index (χ4n) is 2.74. The van der Waals surface area contributed by atoms with Crippen LogP contribution in [-0.4, -0.2) is 23.3 Å². The first-order valence-corrected chi connectivity index (χ1v) is 10.0. The summed E-state index contributed by atoms with van der Waals surface area (Å²) in [6.07, 6.45) is 0. The van der Waals surface area contributed by atoms with Crippen LogP contribution in [0.3, 0.4) is 0 Å². The maximum atomic E-state index is 12.2. The zero-order valence-electron chi connectivity index (χ0n) is 16.9. The first-order chi connectivity index (χ1) is 14.0. The first kappa shape index (κ1) is 20.6. The van der Waals surface area contributed by atoms with Gasteiger partial charge in [-0.2, -0.15) is 0 Å². The summed E-state index contributed by atoms with van der Waals surface area (Å²) in [6, 6.07) is 12.9. The summed E-state index contributed by atoms with van der Waals surface area (Å²) in [4.78, 5) is 12.2. The standard InChI is InChI=1S/C21H24N4O3S/c1-13(2)15-10-9-14(3)11-18(15)28-12-19-24-25-21(29-19)23-20(26)22-16-7-5-6-8-17(16)27-4/h5-11,13H,12H2,1-4H3,(H2,22,23,25,26). The van der Waals surface area contributed by atoms with Gasteiger partial charge in [0, 0.05) is 0 Å². The van der Waals surface area contributed by atoms with Crippen molar-refractivity contribution in [3.63, 3.8) is 0 Å². The average Bonchev–Trinajstić information content (AvgIpc) is 3.13. The molecule has 8 heteroatoms. The Balaban J connectivity index is 1.60. The molecule has 0 aliphatic carbocycles. The topological polar surface area (TPSA) is 85.4 Å². The molecule has 0 saturated heterocycles. The van der Waals surface area contributed by atoms with E-state index in [1.54, 1.807) is 19.2 Å². The fourth-order valence-corrected chi connectivity index (χ4v) is 3.39. The molecule has 0 aliphatic heterocycles. The Morgan fingerprint density at radius 1 is 1.10 bits per heavy atom. The maximum absolute atomic E-state index is 12.2. The first-order valence-electron chi connectivity index (χ1n) is 9.23. The van der Waals surface area contributed by atoms with Gasteiger partial charge in [0.1, 0.15) is 18.1 Å². The molecule has 0 saturated carbocycles. The number of benzene rings is 2. The summed E-state index contributed by atoms with van der Waals surface area (Å²) >= 11 is 1.27. The lowest BCUT2D eigenvalue weighted by Crippen LogP contribution is -2.19. The molecule has 0 fully saturated rings. The van der Waals surface area contributed by atoms with Gasteiger partial charge in [0.05, 0.1) is 12.8 Å². The fraction of sp³-hybridized carbons (Fsp3) is 0.286. The Hall–Kier alpha value is -3.13. The zero-order chi connectivity index (χ0) is 20.8. The van der Waals surface area contributed by atoms with E-state index in [-0.39, 0.29) is 6.61 Å². The predicted molar refractivity (Wildman–Crippen MR) is 115 cm³/mol. The monoisotopic (exact) mass is 412 g/mol. The number of rotatable bonds is 7. The number of carbonyl (C=O) groups is 1. The average molecular weight is 413 g/mol. The molecule has 2 aromatic carbocycles. The largest absolute Gasteiger partial charge is 0.495 e. The third-order valence-electron chi connectivity index (χ3n) is 4.18. The molecule has 2 amide bonds. The lowest BCUT2D eigenvalue weighted by Gasteiger charge is -2.13. The van der Waals surface area contributed by atoms with Gasteiger partial charge >= 0.3 is 6.03 Å². The van der Waals surface area contributed by atoms with Crippen LogP contribution in [0.2, 0.25) is 0 Å². The molecule has 0 spiro atoms. The van der Waals surface area contributed by atoms with Crippen LogP contribution in [0.1, 0.15) is 35.9 Å². The van der Waals surface area contributed by atoms with Crippen LogP contribution < -0.4 is 20.1 Å². The third kappa shape index (κ3) is 5.45. The van der Waals surface area contributed by atoms with E-state index in [0.717, 1.165) is 16.9 Å². The van der Waals surface area contributed by atoms with Crippen LogP contribution >= 0.6 is 11.3 Å².